The predicted octanol–water partition coefficient (Wildman–Crippen LogP) is 3.54. The van der Waals surface area contributed by atoms with E-state index in [1.807, 2.05) is 36.4 Å². The zero-order valence-electron chi connectivity index (χ0n) is 17.2. The summed E-state index contributed by atoms with van der Waals surface area (Å²) in [4.78, 5) is 24.9. The molecule has 0 radical (unpaired) electrons. The number of aliphatic hydroxyl groups is 2. The average molecular weight is 467 g/mol. The molecule has 0 spiro atoms. The number of hydrogen-bond donors (Lipinski definition) is 4. The van der Waals surface area contributed by atoms with Crippen LogP contribution in [0, 0.1) is 0 Å². The van der Waals surface area contributed by atoms with Crippen LogP contribution in [0.15, 0.2) is 60.7 Å². The van der Waals surface area contributed by atoms with Crippen molar-refractivity contribution in [3.8, 4) is 0 Å². The van der Waals surface area contributed by atoms with E-state index in [4.69, 9.17) is 14.2 Å². The van der Waals surface area contributed by atoms with Crippen LogP contribution in [0.2, 0.25) is 0 Å². The van der Waals surface area contributed by atoms with Crippen LogP contribution in [-0.4, -0.2) is 34.1 Å². The summed E-state index contributed by atoms with van der Waals surface area (Å²) in [5, 5.41) is 18.3. The lowest BCUT2D eigenvalue weighted by Crippen LogP contribution is -2.47. The molecule has 31 heavy (non-hydrogen) atoms. The summed E-state index contributed by atoms with van der Waals surface area (Å²) in [6.07, 6.45) is -0.340. The highest BCUT2D eigenvalue weighted by Gasteiger charge is 2.41. The molecule has 168 valence electrons. The Morgan fingerprint density at radius 2 is 1.16 bits per heavy atom. The number of thiol groups is 2. The molecule has 2 aromatic carbocycles. The first-order valence-electron chi connectivity index (χ1n) is 9.52. The van der Waals surface area contributed by atoms with Crippen molar-refractivity contribution < 1.29 is 34.0 Å². The molecule has 2 unspecified atom stereocenters. The summed E-state index contributed by atoms with van der Waals surface area (Å²) >= 11 is 8.78. The van der Waals surface area contributed by atoms with E-state index in [1.165, 1.54) is 0 Å². The lowest BCUT2D eigenvalue weighted by molar-refractivity contribution is -0.455. The highest BCUT2D eigenvalue weighted by molar-refractivity contribution is 7.80. The minimum Gasteiger partial charge on any atom is -0.398 e. The molecule has 0 bridgehead atoms. The summed E-state index contributed by atoms with van der Waals surface area (Å²) < 4.78 is 15.2. The second kappa shape index (κ2) is 11.0. The molecule has 2 N–H and O–H groups in total. The minimum absolute atomic E-state index is 0.170. The molecule has 0 fully saturated rings. The van der Waals surface area contributed by atoms with Crippen molar-refractivity contribution >= 4 is 37.2 Å². The van der Waals surface area contributed by atoms with Gasteiger partial charge in [-0.15, -0.1) is 0 Å². The maximum absolute atomic E-state index is 12.4. The van der Waals surface area contributed by atoms with E-state index < -0.39 is 34.4 Å². The second-order valence-electron chi connectivity index (χ2n) is 7.11. The molecule has 0 saturated carbocycles. The van der Waals surface area contributed by atoms with Crippen molar-refractivity contribution in [3.63, 3.8) is 0 Å². The molecule has 0 heterocycles. The van der Waals surface area contributed by atoms with Gasteiger partial charge in [-0.2, -0.15) is 25.3 Å². The van der Waals surface area contributed by atoms with Gasteiger partial charge in [-0.25, -0.2) is 4.74 Å². The Morgan fingerprint density at radius 1 is 0.806 bits per heavy atom. The minimum atomic E-state index is -2.73. The second-order valence-corrected chi connectivity index (χ2v) is 8.35. The van der Waals surface area contributed by atoms with E-state index in [2.05, 4.69) is 25.3 Å². The van der Waals surface area contributed by atoms with E-state index in [9.17, 15) is 19.8 Å². The van der Waals surface area contributed by atoms with Crippen molar-refractivity contribution in [3.05, 3.63) is 71.8 Å². The van der Waals surface area contributed by atoms with Gasteiger partial charge in [0.15, 0.2) is 0 Å². The molecule has 2 rings (SSSR count). The van der Waals surface area contributed by atoms with E-state index in [0.29, 0.717) is 0 Å². The lowest BCUT2D eigenvalue weighted by atomic mass is 10.1. The largest absolute Gasteiger partial charge is 0.398 e. The van der Waals surface area contributed by atoms with Crippen molar-refractivity contribution in [1.82, 2.24) is 0 Å². The van der Waals surface area contributed by atoms with Crippen molar-refractivity contribution in [2.45, 2.75) is 49.1 Å². The van der Waals surface area contributed by atoms with E-state index in [1.54, 1.807) is 24.3 Å². The van der Waals surface area contributed by atoms with Crippen LogP contribution in [0.5, 0.6) is 0 Å². The molecule has 2 aromatic rings. The van der Waals surface area contributed by atoms with Crippen molar-refractivity contribution in [2.24, 2.45) is 0 Å². The van der Waals surface area contributed by atoms with E-state index in [-0.39, 0.29) is 12.8 Å². The maximum Gasteiger partial charge on any atom is 0.376 e. The number of benzene rings is 2. The van der Waals surface area contributed by atoms with E-state index in [0.717, 1.165) is 25.0 Å². The SMILES string of the molecule is CC(O)(O)OC(C)(OC(=O)CC(S)c1ccccc1)OC(=O)CC(S)c1ccccc1. The van der Waals surface area contributed by atoms with Crippen LogP contribution in [0.3, 0.4) is 0 Å². The van der Waals surface area contributed by atoms with Gasteiger partial charge < -0.3 is 19.7 Å². The van der Waals surface area contributed by atoms with Crippen molar-refractivity contribution in [1.29, 1.82) is 0 Å². The van der Waals surface area contributed by atoms with Crippen LogP contribution in [0.25, 0.3) is 0 Å². The van der Waals surface area contributed by atoms with Gasteiger partial charge in [0.25, 0.3) is 5.97 Å². The molecular formula is C22H26O7S2. The molecule has 0 aromatic heterocycles. The number of esters is 2. The van der Waals surface area contributed by atoms with Crippen LogP contribution < -0.4 is 0 Å². The molecule has 0 saturated heterocycles. The van der Waals surface area contributed by atoms with Gasteiger partial charge in [-0.3, -0.25) is 9.59 Å². The standard InChI is InChI=1S/C22H26O7S2/c1-21(25,26)29-22(2,27-19(23)13-17(30)15-9-5-3-6-10-15)28-20(24)14-18(31)16-11-7-4-8-12-16/h3-12,17-18,25-26,30-31H,13-14H2,1-2H3. The Hall–Kier alpha value is -2.04. The molecule has 2 atom stereocenters. The van der Waals surface area contributed by atoms with Crippen LogP contribution in [0.4, 0.5) is 0 Å². The normalized spacial score (nSPS) is 15.4. The smallest absolute Gasteiger partial charge is 0.376 e. The monoisotopic (exact) mass is 466 g/mol. The van der Waals surface area contributed by atoms with Gasteiger partial charge in [0.2, 0.25) is 0 Å². The van der Waals surface area contributed by atoms with Crippen molar-refractivity contribution in [2.75, 3.05) is 0 Å². The predicted molar refractivity (Wildman–Crippen MR) is 120 cm³/mol. The number of ether oxygens (including phenoxy) is 3. The lowest BCUT2D eigenvalue weighted by Gasteiger charge is -2.32. The maximum atomic E-state index is 12.4. The number of carbonyl (C=O) groups excluding carboxylic acids is 2. The fraction of sp³-hybridized carbons (Fsp3) is 0.364. The zero-order valence-corrected chi connectivity index (χ0v) is 19.0. The Bertz CT molecular complexity index is 792. The van der Waals surface area contributed by atoms with Gasteiger partial charge in [0, 0.05) is 24.3 Å². The topological polar surface area (TPSA) is 102 Å². The third-order valence-corrected chi connectivity index (χ3v) is 5.03. The Labute approximate surface area is 192 Å². The Kier molecular flexibility index (Phi) is 8.96. The summed E-state index contributed by atoms with van der Waals surface area (Å²) in [5.74, 6) is -6.72. The third-order valence-electron chi connectivity index (χ3n) is 4.07. The fourth-order valence-electron chi connectivity index (χ4n) is 2.81. The summed E-state index contributed by atoms with van der Waals surface area (Å²) in [6.45, 7) is 1.99. The Morgan fingerprint density at radius 3 is 1.48 bits per heavy atom. The summed E-state index contributed by atoms with van der Waals surface area (Å²) in [7, 11) is 0. The summed E-state index contributed by atoms with van der Waals surface area (Å²) in [6, 6.07) is 18.1. The molecule has 0 amide bonds. The van der Waals surface area contributed by atoms with Crippen LogP contribution in [-0.2, 0) is 23.8 Å². The Balaban J connectivity index is 2.04. The number of hydrogen-bond acceptors (Lipinski definition) is 9. The first-order valence-corrected chi connectivity index (χ1v) is 10.6. The first-order chi connectivity index (χ1) is 14.5. The van der Waals surface area contributed by atoms with E-state index >= 15 is 0 Å². The third kappa shape index (κ3) is 8.92. The van der Waals surface area contributed by atoms with Gasteiger partial charge in [0.1, 0.15) is 0 Å². The average Bonchev–Trinajstić information content (AvgIpc) is 2.67. The molecule has 0 aliphatic rings. The fourth-order valence-corrected chi connectivity index (χ4v) is 3.45. The van der Waals surface area contributed by atoms with Gasteiger partial charge >= 0.3 is 17.9 Å². The van der Waals surface area contributed by atoms with Crippen LogP contribution in [0.1, 0.15) is 48.3 Å². The van der Waals surface area contributed by atoms with Gasteiger partial charge in [-0.1, -0.05) is 60.7 Å². The highest BCUT2D eigenvalue weighted by atomic mass is 32.1. The summed E-state index contributed by atoms with van der Waals surface area (Å²) in [5.41, 5.74) is 1.58. The molecular weight excluding hydrogens is 440 g/mol. The zero-order chi connectivity index (χ0) is 23.1. The quantitative estimate of drug-likeness (QED) is 0.241. The highest BCUT2D eigenvalue weighted by Crippen LogP contribution is 2.29. The first kappa shape index (κ1) is 25.2. The van der Waals surface area contributed by atoms with Gasteiger partial charge in [0.05, 0.1) is 12.8 Å². The molecule has 7 nitrogen and oxygen atoms in total. The number of rotatable bonds is 10. The molecule has 0 aliphatic carbocycles. The molecule has 9 heteroatoms. The van der Waals surface area contributed by atoms with Gasteiger partial charge in [-0.05, 0) is 11.1 Å². The van der Waals surface area contributed by atoms with Crippen LogP contribution >= 0.6 is 25.3 Å². The number of carbonyl (C=O) groups is 2. The molecule has 0 aliphatic heterocycles.